The predicted molar refractivity (Wildman–Crippen MR) is 89.3 cm³/mol. The van der Waals surface area contributed by atoms with Crippen LogP contribution in [0.3, 0.4) is 0 Å². The molecule has 0 bridgehead atoms. The van der Waals surface area contributed by atoms with E-state index in [2.05, 4.69) is 26.1 Å². The van der Waals surface area contributed by atoms with Gasteiger partial charge in [0.2, 0.25) is 5.91 Å². The van der Waals surface area contributed by atoms with Gasteiger partial charge in [0.05, 0.1) is 6.10 Å². The maximum absolute atomic E-state index is 12.1. The number of benzene rings is 1. The number of carbonyl (C=O) groups excluding carboxylic acids is 2. The van der Waals surface area contributed by atoms with E-state index in [9.17, 15) is 14.7 Å². The fourth-order valence-corrected chi connectivity index (χ4v) is 2.63. The molecule has 1 fully saturated rings. The molecule has 1 saturated heterocycles. The number of β-amino-alcohol motifs (C(OH)–C–C–N with tert-alkyl or cyclic N) is 1. The molecule has 2 N–H and O–H groups in total. The van der Waals surface area contributed by atoms with Gasteiger partial charge < -0.3 is 15.3 Å². The Balaban J connectivity index is 1.79. The average Bonchev–Trinajstić information content (AvgIpc) is 2.93. The molecule has 126 valence electrons. The van der Waals surface area contributed by atoms with Gasteiger partial charge in [0.15, 0.2) is 0 Å². The number of nitrogens with zero attached hydrogens (tertiary/aromatic N) is 1. The second kappa shape index (κ2) is 7.13. The molecule has 1 aliphatic heterocycles. The lowest BCUT2D eigenvalue weighted by Gasteiger charge is -2.19. The molecular weight excluding hydrogens is 292 g/mol. The highest BCUT2D eigenvalue weighted by Gasteiger charge is 2.24. The number of hydrogen-bond donors (Lipinski definition) is 2. The van der Waals surface area contributed by atoms with Gasteiger partial charge in [-0.05, 0) is 29.5 Å². The molecule has 5 nitrogen and oxygen atoms in total. The van der Waals surface area contributed by atoms with Crippen molar-refractivity contribution in [2.24, 2.45) is 0 Å². The second-order valence-electron chi connectivity index (χ2n) is 7.12. The first-order valence-electron chi connectivity index (χ1n) is 8.12. The zero-order valence-electron chi connectivity index (χ0n) is 14.1. The van der Waals surface area contributed by atoms with Crippen LogP contribution < -0.4 is 5.32 Å². The number of hydrogen-bond acceptors (Lipinski definition) is 3. The van der Waals surface area contributed by atoms with Crippen molar-refractivity contribution >= 4 is 11.8 Å². The van der Waals surface area contributed by atoms with Crippen LogP contribution in [0, 0.1) is 0 Å². The van der Waals surface area contributed by atoms with E-state index in [4.69, 9.17) is 0 Å². The highest BCUT2D eigenvalue weighted by Crippen LogP contribution is 2.22. The van der Waals surface area contributed by atoms with E-state index in [0.29, 0.717) is 31.6 Å². The molecule has 1 aromatic carbocycles. The van der Waals surface area contributed by atoms with Crippen LogP contribution in [0.5, 0.6) is 0 Å². The molecule has 0 saturated carbocycles. The first-order chi connectivity index (χ1) is 10.8. The van der Waals surface area contributed by atoms with Crippen molar-refractivity contribution in [1.82, 2.24) is 10.2 Å². The molecule has 0 aliphatic carbocycles. The Morgan fingerprint density at radius 3 is 2.43 bits per heavy atom. The fraction of sp³-hybridized carbons (Fsp3) is 0.556. The molecule has 0 aromatic heterocycles. The summed E-state index contributed by atoms with van der Waals surface area (Å²) < 4.78 is 0. The number of rotatable bonds is 4. The molecule has 5 heteroatoms. The summed E-state index contributed by atoms with van der Waals surface area (Å²) in [5.41, 5.74) is 1.83. The van der Waals surface area contributed by atoms with Crippen LogP contribution in [0.1, 0.15) is 49.5 Å². The maximum atomic E-state index is 12.1. The number of likely N-dealkylation sites (tertiary alicyclic amines) is 1. The first kappa shape index (κ1) is 17.5. The highest BCUT2D eigenvalue weighted by atomic mass is 16.3. The maximum Gasteiger partial charge on any atom is 0.251 e. The summed E-state index contributed by atoms with van der Waals surface area (Å²) in [6.45, 7) is 7.70. The van der Waals surface area contributed by atoms with Gasteiger partial charge in [-0.15, -0.1) is 0 Å². The van der Waals surface area contributed by atoms with E-state index in [-0.39, 0.29) is 23.7 Å². The minimum atomic E-state index is -0.408. The molecule has 0 radical (unpaired) electrons. The molecular formula is C18H26N2O3. The highest BCUT2D eigenvalue weighted by molar-refractivity contribution is 5.94. The first-order valence-corrected chi connectivity index (χ1v) is 8.12. The Bertz CT molecular complexity index is 561. The standard InChI is InChI=1S/C18H26N2O3/c1-18(2,3)14-6-4-13(5-7-14)17(23)19-10-8-16(22)20-11-9-15(21)12-20/h4-7,15,21H,8-12H2,1-3H3,(H,19,23)/t15-/m1/s1. The molecule has 0 unspecified atom stereocenters. The summed E-state index contributed by atoms with van der Waals surface area (Å²) in [5.74, 6) is -0.190. The predicted octanol–water partition coefficient (Wildman–Crippen LogP) is 1.70. The van der Waals surface area contributed by atoms with E-state index in [1.807, 2.05) is 24.3 Å². The van der Waals surface area contributed by atoms with Gasteiger partial charge in [-0.3, -0.25) is 9.59 Å². The van der Waals surface area contributed by atoms with Crippen LogP contribution >= 0.6 is 0 Å². The van der Waals surface area contributed by atoms with Crippen molar-refractivity contribution in [2.75, 3.05) is 19.6 Å². The lowest BCUT2D eigenvalue weighted by molar-refractivity contribution is -0.130. The van der Waals surface area contributed by atoms with Crippen molar-refractivity contribution in [3.63, 3.8) is 0 Å². The Kier molecular flexibility index (Phi) is 5.42. The van der Waals surface area contributed by atoms with Gasteiger partial charge in [0.1, 0.15) is 0 Å². The fourth-order valence-electron chi connectivity index (χ4n) is 2.63. The van der Waals surface area contributed by atoms with Crippen LogP contribution in [0.4, 0.5) is 0 Å². The molecule has 23 heavy (non-hydrogen) atoms. The number of aliphatic hydroxyl groups is 1. The van der Waals surface area contributed by atoms with Crippen molar-refractivity contribution in [1.29, 1.82) is 0 Å². The Morgan fingerprint density at radius 1 is 1.26 bits per heavy atom. The molecule has 1 aromatic rings. The van der Waals surface area contributed by atoms with Gasteiger partial charge in [-0.2, -0.15) is 0 Å². The number of aliphatic hydroxyl groups excluding tert-OH is 1. The molecule has 1 heterocycles. The lowest BCUT2D eigenvalue weighted by atomic mass is 9.87. The molecule has 2 rings (SSSR count). The summed E-state index contributed by atoms with van der Waals surface area (Å²) >= 11 is 0. The Hall–Kier alpha value is -1.88. The Morgan fingerprint density at radius 2 is 1.91 bits per heavy atom. The smallest absolute Gasteiger partial charge is 0.251 e. The van der Waals surface area contributed by atoms with Gasteiger partial charge >= 0.3 is 0 Å². The minimum absolute atomic E-state index is 0.0232. The van der Waals surface area contributed by atoms with Crippen LogP contribution in [-0.2, 0) is 10.2 Å². The third kappa shape index (κ3) is 4.79. The van der Waals surface area contributed by atoms with Crippen LogP contribution in [0.2, 0.25) is 0 Å². The minimum Gasteiger partial charge on any atom is -0.391 e. The van der Waals surface area contributed by atoms with Gasteiger partial charge in [-0.1, -0.05) is 32.9 Å². The van der Waals surface area contributed by atoms with Crippen molar-refractivity contribution in [3.05, 3.63) is 35.4 Å². The number of carbonyl (C=O) groups is 2. The SMILES string of the molecule is CC(C)(C)c1ccc(C(=O)NCCC(=O)N2CC[C@@H](O)C2)cc1. The van der Waals surface area contributed by atoms with E-state index in [0.717, 1.165) is 0 Å². The topological polar surface area (TPSA) is 69.6 Å². The van der Waals surface area contributed by atoms with E-state index in [1.54, 1.807) is 4.90 Å². The zero-order chi connectivity index (χ0) is 17.0. The Labute approximate surface area is 137 Å². The molecule has 1 atom stereocenters. The monoisotopic (exact) mass is 318 g/mol. The van der Waals surface area contributed by atoms with Gasteiger partial charge in [0, 0.05) is 31.6 Å². The molecule has 2 amide bonds. The van der Waals surface area contributed by atoms with Crippen LogP contribution in [0.15, 0.2) is 24.3 Å². The summed E-state index contributed by atoms with van der Waals surface area (Å²) in [6.07, 6.45) is 0.492. The second-order valence-corrected chi connectivity index (χ2v) is 7.12. The number of amides is 2. The summed E-state index contributed by atoms with van der Waals surface area (Å²) in [5, 5.41) is 12.2. The quantitative estimate of drug-likeness (QED) is 0.888. The van der Waals surface area contributed by atoms with Gasteiger partial charge in [-0.25, -0.2) is 0 Å². The average molecular weight is 318 g/mol. The van der Waals surface area contributed by atoms with Crippen molar-refractivity contribution in [3.8, 4) is 0 Å². The zero-order valence-corrected chi connectivity index (χ0v) is 14.1. The summed E-state index contributed by atoms with van der Waals surface area (Å²) in [4.78, 5) is 25.7. The van der Waals surface area contributed by atoms with E-state index in [1.165, 1.54) is 5.56 Å². The van der Waals surface area contributed by atoms with Gasteiger partial charge in [0.25, 0.3) is 5.91 Å². The van der Waals surface area contributed by atoms with Crippen molar-refractivity contribution in [2.45, 2.75) is 45.1 Å². The summed E-state index contributed by atoms with van der Waals surface area (Å²) in [7, 11) is 0. The van der Waals surface area contributed by atoms with Crippen LogP contribution in [-0.4, -0.2) is 47.6 Å². The van der Waals surface area contributed by atoms with Crippen molar-refractivity contribution < 1.29 is 14.7 Å². The third-order valence-corrected chi connectivity index (χ3v) is 4.15. The largest absolute Gasteiger partial charge is 0.391 e. The van der Waals surface area contributed by atoms with E-state index >= 15 is 0 Å². The normalized spacial score (nSPS) is 18.1. The summed E-state index contributed by atoms with van der Waals surface area (Å²) in [6, 6.07) is 7.56. The number of nitrogens with one attached hydrogen (secondary N) is 1. The molecule has 0 spiro atoms. The third-order valence-electron chi connectivity index (χ3n) is 4.15. The van der Waals surface area contributed by atoms with E-state index < -0.39 is 6.10 Å². The van der Waals surface area contributed by atoms with Crippen LogP contribution in [0.25, 0.3) is 0 Å². The lowest BCUT2D eigenvalue weighted by Crippen LogP contribution is -2.33. The molecule has 1 aliphatic rings.